The molecule has 0 amide bonds. The molecule has 3 heteroatoms. The number of nitrogens with zero attached hydrogens (tertiary/aromatic N) is 1. The molecule has 2 atom stereocenters. The third-order valence-corrected chi connectivity index (χ3v) is 5.52. The Morgan fingerprint density at radius 2 is 1.90 bits per heavy atom. The van der Waals surface area contributed by atoms with Gasteiger partial charge in [-0.1, -0.05) is 19.3 Å². The van der Waals surface area contributed by atoms with Crippen molar-refractivity contribution < 1.29 is 4.74 Å². The standard InChI is InChI=1S/C17H32N2O/c1-14-11-18-17(16-5-3-2-4-6-16)12-19(14)9-10-20-13-15-7-8-15/h14-18H,2-13H2,1H3. The molecule has 1 saturated heterocycles. The van der Waals surface area contributed by atoms with Crippen LogP contribution in [-0.4, -0.2) is 49.8 Å². The van der Waals surface area contributed by atoms with Crippen molar-refractivity contribution in [2.45, 2.75) is 64.0 Å². The SMILES string of the molecule is CC1CNC(C2CCCCC2)CN1CCOCC1CC1. The Labute approximate surface area is 124 Å². The van der Waals surface area contributed by atoms with Gasteiger partial charge in [0.05, 0.1) is 6.61 Å². The van der Waals surface area contributed by atoms with E-state index in [1.807, 2.05) is 0 Å². The molecule has 1 heterocycles. The second kappa shape index (κ2) is 7.24. The van der Waals surface area contributed by atoms with Gasteiger partial charge in [0.2, 0.25) is 0 Å². The topological polar surface area (TPSA) is 24.5 Å². The van der Waals surface area contributed by atoms with Crippen molar-refractivity contribution in [1.29, 1.82) is 0 Å². The maximum absolute atomic E-state index is 5.83. The fraction of sp³-hybridized carbons (Fsp3) is 1.00. The molecule has 116 valence electrons. The van der Waals surface area contributed by atoms with Gasteiger partial charge in [-0.25, -0.2) is 0 Å². The molecule has 0 spiro atoms. The average molecular weight is 280 g/mol. The third kappa shape index (κ3) is 4.19. The summed E-state index contributed by atoms with van der Waals surface area (Å²) in [4.78, 5) is 2.66. The van der Waals surface area contributed by atoms with Crippen LogP contribution in [0.4, 0.5) is 0 Å². The van der Waals surface area contributed by atoms with Crippen molar-refractivity contribution in [3.63, 3.8) is 0 Å². The molecule has 3 rings (SSSR count). The zero-order chi connectivity index (χ0) is 13.8. The van der Waals surface area contributed by atoms with E-state index in [1.54, 1.807) is 0 Å². The fourth-order valence-electron chi connectivity index (χ4n) is 3.83. The molecular formula is C17H32N2O. The Morgan fingerprint density at radius 3 is 2.65 bits per heavy atom. The Bertz CT molecular complexity index is 287. The third-order valence-electron chi connectivity index (χ3n) is 5.52. The Morgan fingerprint density at radius 1 is 1.10 bits per heavy atom. The van der Waals surface area contributed by atoms with Gasteiger partial charge in [0, 0.05) is 38.3 Å². The largest absolute Gasteiger partial charge is 0.380 e. The molecule has 3 aliphatic rings. The van der Waals surface area contributed by atoms with Gasteiger partial charge >= 0.3 is 0 Å². The molecule has 0 aromatic rings. The quantitative estimate of drug-likeness (QED) is 0.757. The van der Waals surface area contributed by atoms with Gasteiger partial charge in [-0.15, -0.1) is 0 Å². The second-order valence-electron chi connectivity index (χ2n) is 7.28. The molecule has 3 fully saturated rings. The average Bonchev–Trinajstić information content (AvgIpc) is 3.30. The van der Waals surface area contributed by atoms with Crippen LogP contribution in [0.5, 0.6) is 0 Å². The van der Waals surface area contributed by atoms with E-state index in [0.29, 0.717) is 6.04 Å². The predicted molar refractivity (Wildman–Crippen MR) is 82.9 cm³/mol. The summed E-state index contributed by atoms with van der Waals surface area (Å²) in [6.45, 7) is 7.80. The van der Waals surface area contributed by atoms with Gasteiger partial charge < -0.3 is 10.1 Å². The van der Waals surface area contributed by atoms with Gasteiger partial charge in [-0.3, -0.25) is 4.90 Å². The number of hydrogen-bond donors (Lipinski definition) is 1. The zero-order valence-corrected chi connectivity index (χ0v) is 13.2. The van der Waals surface area contributed by atoms with Crippen molar-refractivity contribution >= 4 is 0 Å². The number of ether oxygens (including phenoxy) is 1. The molecule has 2 saturated carbocycles. The second-order valence-corrected chi connectivity index (χ2v) is 7.28. The molecule has 1 N–H and O–H groups in total. The summed E-state index contributed by atoms with van der Waals surface area (Å²) in [5.41, 5.74) is 0. The molecule has 0 radical (unpaired) electrons. The van der Waals surface area contributed by atoms with Crippen LogP contribution in [0, 0.1) is 11.8 Å². The van der Waals surface area contributed by atoms with Crippen LogP contribution < -0.4 is 5.32 Å². The lowest BCUT2D eigenvalue weighted by Crippen LogP contribution is -2.58. The molecule has 3 nitrogen and oxygen atoms in total. The first-order chi connectivity index (χ1) is 9.83. The first-order valence-electron chi connectivity index (χ1n) is 8.88. The molecule has 2 aliphatic carbocycles. The number of nitrogens with one attached hydrogen (secondary N) is 1. The lowest BCUT2D eigenvalue weighted by Gasteiger charge is -2.42. The normalized spacial score (nSPS) is 33.5. The van der Waals surface area contributed by atoms with E-state index in [4.69, 9.17) is 4.74 Å². The van der Waals surface area contributed by atoms with Crippen molar-refractivity contribution in [2.75, 3.05) is 32.8 Å². The van der Waals surface area contributed by atoms with Crippen molar-refractivity contribution in [3.8, 4) is 0 Å². The Balaban J connectivity index is 1.40. The lowest BCUT2D eigenvalue weighted by molar-refractivity contribution is 0.0539. The van der Waals surface area contributed by atoms with Crippen LogP contribution in [0.15, 0.2) is 0 Å². The molecule has 1 aliphatic heterocycles. The zero-order valence-electron chi connectivity index (χ0n) is 13.2. The van der Waals surface area contributed by atoms with Crippen LogP contribution in [0.3, 0.4) is 0 Å². The van der Waals surface area contributed by atoms with Crippen LogP contribution in [0.25, 0.3) is 0 Å². The highest BCUT2D eigenvalue weighted by atomic mass is 16.5. The molecule has 0 aromatic carbocycles. The molecular weight excluding hydrogens is 248 g/mol. The summed E-state index contributed by atoms with van der Waals surface area (Å²) in [7, 11) is 0. The van der Waals surface area contributed by atoms with Crippen molar-refractivity contribution in [2.24, 2.45) is 11.8 Å². The first-order valence-corrected chi connectivity index (χ1v) is 8.88. The van der Waals surface area contributed by atoms with E-state index in [-0.39, 0.29) is 0 Å². The van der Waals surface area contributed by atoms with Crippen LogP contribution in [-0.2, 0) is 4.74 Å². The van der Waals surface area contributed by atoms with Gasteiger partial charge in [0.15, 0.2) is 0 Å². The monoisotopic (exact) mass is 280 g/mol. The minimum atomic E-state index is 0.666. The maximum atomic E-state index is 5.83. The molecule has 0 aromatic heterocycles. The van der Waals surface area contributed by atoms with Crippen LogP contribution in [0.2, 0.25) is 0 Å². The summed E-state index contributed by atoms with van der Waals surface area (Å²) in [6, 6.07) is 1.40. The minimum absolute atomic E-state index is 0.666. The number of hydrogen-bond acceptors (Lipinski definition) is 3. The highest BCUT2D eigenvalue weighted by Crippen LogP contribution is 2.29. The van der Waals surface area contributed by atoms with Crippen LogP contribution in [0.1, 0.15) is 51.9 Å². The minimum Gasteiger partial charge on any atom is -0.380 e. The number of rotatable bonds is 6. The molecule has 20 heavy (non-hydrogen) atoms. The summed E-state index contributed by atoms with van der Waals surface area (Å²) < 4.78 is 5.83. The summed E-state index contributed by atoms with van der Waals surface area (Å²) in [6.07, 6.45) is 10.0. The summed E-state index contributed by atoms with van der Waals surface area (Å²) in [5, 5.41) is 3.80. The van der Waals surface area contributed by atoms with E-state index in [1.165, 1.54) is 51.5 Å². The van der Waals surface area contributed by atoms with Gasteiger partial charge in [-0.2, -0.15) is 0 Å². The van der Waals surface area contributed by atoms with E-state index < -0.39 is 0 Å². The highest BCUT2D eigenvalue weighted by Gasteiger charge is 2.30. The smallest absolute Gasteiger partial charge is 0.0593 e. The van der Waals surface area contributed by atoms with E-state index in [9.17, 15) is 0 Å². The maximum Gasteiger partial charge on any atom is 0.0593 e. The highest BCUT2D eigenvalue weighted by molar-refractivity contribution is 4.89. The molecule has 0 bridgehead atoms. The predicted octanol–water partition coefficient (Wildman–Crippen LogP) is 2.66. The van der Waals surface area contributed by atoms with E-state index in [2.05, 4.69) is 17.1 Å². The van der Waals surface area contributed by atoms with E-state index in [0.717, 1.165) is 44.2 Å². The number of piperazine rings is 1. The molecule has 2 unspecified atom stereocenters. The summed E-state index contributed by atoms with van der Waals surface area (Å²) >= 11 is 0. The Hall–Kier alpha value is -0.120. The van der Waals surface area contributed by atoms with Crippen molar-refractivity contribution in [1.82, 2.24) is 10.2 Å². The first kappa shape index (κ1) is 14.8. The van der Waals surface area contributed by atoms with Crippen molar-refractivity contribution in [3.05, 3.63) is 0 Å². The summed E-state index contributed by atoms with van der Waals surface area (Å²) in [5.74, 6) is 1.82. The Kier molecular flexibility index (Phi) is 5.36. The lowest BCUT2D eigenvalue weighted by atomic mass is 9.82. The van der Waals surface area contributed by atoms with Gasteiger partial charge in [-0.05, 0) is 44.4 Å². The van der Waals surface area contributed by atoms with E-state index >= 15 is 0 Å². The fourth-order valence-corrected chi connectivity index (χ4v) is 3.83. The van der Waals surface area contributed by atoms with Gasteiger partial charge in [0.25, 0.3) is 0 Å². The van der Waals surface area contributed by atoms with Crippen LogP contribution >= 0.6 is 0 Å². The van der Waals surface area contributed by atoms with Gasteiger partial charge in [0.1, 0.15) is 0 Å².